The van der Waals surface area contributed by atoms with Crippen LogP contribution in [0.5, 0.6) is 0 Å². The molecule has 1 aromatic carbocycles. The molecule has 0 aliphatic heterocycles. The fraction of sp³-hybridized carbons (Fsp3) is 0.308. The minimum Gasteiger partial charge on any atom is -0.481 e. The molecule has 2 aromatic rings. The Morgan fingerprint density at radius 1 is 1.32 bits per heavy atom. The first-order valence-electron chi connectivity index (χ1n) is 5.81. The SMILES string of the molecule is CC(C(=O)O)C(C)c1nc(-c2ccc(F)cc2)no1. The normalized spacial score (nSPS) is 14.1. The van der Waals surface area contributed by atoms with E-state index in [1.807, 2.05) is 0 Å². The summed E-state index contributed by atoms with van der Waals surface area (Å²) in [5, 5.41) is 12.7. The number of carbonyl (C=O) groups is 1. The fourth-order valence-corrected chi connectivity index (χ4v) is 1.56. The van der Waals surface area contributed by atoms with E-state index in [9.17, 15) is 9.18 Å². The van der Waals surface area contributed by atoms with Crippen molar-refractivity contribution in [1.29, 1.82) is 0 Å². The van der Waals surface area contributed by atoms with Crippen LogP contribution in [0.2, 0.25) is 0 Å². The number of halogens is 1. The van der Waals surface area contributed by atoms with Crippen LogP contribution in [-0.2, 0) is 4.79 Å². The van der Waals surface area contributed by atoms with Crippen LogP contribution in [-0.4, -0.2) is 21.2 Å². The fourth-order valence-electron chi connectivity index (χ4n) is 1.56. The van der Waals surface area contributed by atoms with Crippen molar-refractivity contribution >= 4 is 5.97 Å². The highest BCUT2D eigenvalue weighted by Crippen LogP contribution is 2.25. The van der Waals surface area contributed by atoms with E-state index in [0.29, 0.717) is 11.4 Å². The molecule has 1 heterocycles. The Labute approximate surface area is 109 Å². The molecule has 0 aliphatic rings. The third-order valence-electron chi connectivity index (χ3n) is 3.07. The highest BCUT2D eigenvalue weighted by molar-refractivity contribution is 5.70. The predicted molar refractivity (Wildman–Crippen MR) is 64.9 cm³/mol. The minimum atomic E-state index is -0.922. The van der Waals surface area contributed by atoms with Crippen LogP contribution in [0.3, 0.4) is 0 Å². The summed E-state index contributed by atoms with van der Waals surface area (Å²) in [6.07, 6.45) is 0. The maximum Gasteiger partial charge on any atom is 0.307 e. The van der Waals surface area contributed by atoms with E-state index in [0.717, 1.165) is 0 Å². The summed E-state index contributed by atoms with van der Waals surface area (Å²) < 4.78 is 17.9. The van der Waals surface area contributed by atoms with Crippen LogP contribution in [0.15, 0.2) is 28.8 Å². The molecule has 19 heavy (non-hydrogen) atoms. The van der Waals surface area contributed by atoms with Gasteiger partial charge in [0.15, 0.2) is 0 Å². The number of nitrogens with zero attached hydrogens (tertiary/aromatic N) is 2. The van der Waals surface area contributed by atoms with E-state index in [4.69, 9.17) is 9.63 Å². The van der Waals surface area contributed by atoms with Gasteiger partial charge in [-0.3, -0.25) is 4.79 Å². The molecule has 0 amide bonds. The van der Waals surface area contributed by atoms with Crippen LogP contribution in [0.1, 0.15) is 25.7 Å². The van der Waals surface area contributed by atoms with Gasteiger partial charge in [0, 0.05) is 11.5 Å². The number of rotatable bonds is 4. The summed E-state index contributed by atoms with van der Waals surface area (Å²) in [5.74, 6) is -1.70. The average Bonchev–Trinajstić information content (AvgIpc) is 2.87. The standard InChI is InChI=1S/C13H13FN2O3/c1-7(8(2)13(17)18)12-15-11(16-19-12)9-3-5-10(14)6-4-9/h3-8H,1-2H3,(H,17,18). The van der Waals surface area contributed by atoms with Crippen molar-refractivity contribution in [3.8, 4) is 11.4 Å². The highest BCUT2D eigenvalue weighted by atomic mass is 19.1. The first-order chi connectivity index (χ1) is 8.99. The number of hydrogen-bond donors (Lipinski definition) is 1. The van der Waals surface area contributed by atoms with Gasteiger partial charge in [0.1, 0.15) is 5.82 Å². The molecule has 0 bridgehead atoms. The van der Waals surface area contributed by atoms with Gasteiger partial charge >= 0.3 is 5.97 Å². The lowest BCUT2D eigenvalue weighted by molar-refractivity contribution is -0.141. The Balaban J connectivity index is 2.24. The van der Waals surface area contributed by atoms with E-state index in [1.54, 1.807) is 13.8 Å². The molecule has 1 N–H and O–H groups in total. The lowest BCUT2D eigenvalue weighted by Gasteiger charge is -2.10. The molecule has 0 saturated carbocycles. The lowest BCUT2D eigenvalue weighted by atomic mass is 9.96. The van der Waals surface area contributed by atoms with Gasteiger partial charge in [0.2, 0.25) is 11.7 Å². The molecule has 2 atom stereocenters. The Hall–Kier alpha value is -2.24. The molecule has 100 valence electrons. The van der Waals surface area contributed by atoms with Gasteiger partial charge in [-0.05, 0) is 24.3 Å². The van der Waals surface area contributed by atoms with E-state index in [1.165, 1.54) is 24.3 Å². The number of hydrogen-bond acceptors (Lipinski definition) is 4. The summed E-state index contributed by atoms with van der Waals surface area (Å²) in [5.41, 5.74) is 0.617. The number of benzene rings is 1. The van der Waals surface area contributed by atoms with E-state index < -0.39 is 11.9 Å². The zero-order chi connectivity index (χ0) is 14.0. The predicted octanol–water partition coefficient (Wildman–Crippen LogP) is 2.70. The van der Waals surface area contributed by atoms with Gasteiger partial charge in [0.05, 0.1) is 5.92 Å². The Bertz CT molecular complexity index is 580. The second-order valence-electron chi connectivity index (χ2n) is 4.38. The molecule has 0 spiro atoms. The van der Waals surface area contributed by atoms with Gasteiger partial charge in [-0.15, -0.1) is 0 Å². The second kappa shape index (κ2) is 5.17. The summed E-state index contributed by atoms with van der Waals surface area (Å²) in [7, 11) is 0. The Morgan fingerprint density at radius 2 is 1.95 bits per heavy atom. The van der Waals surface area contributed by atoms with Crippen molar-refractivity contribution in [2.24, 2.45) is 5.92 Å². The number of carboxylic acid groups (broad SMARTS) is 1. The van der Waals surface area contributed by atoms with Crippen molar-refractivity contribution in [2.75, 3.05) is 0 Å². The van der Waals surface area contributed by atoms with Crippen LogP contribution < -0.4 is 0 Å². The van der Waals surface area contributed by atoms with Crippen LogP contribution in [0.4, 0.5) is 4.39 Å². The summed E-state index contributed by atoms with van der Waals surface area (Å²) >= 11 is 0. The maximum absolute atomic E-state index is 12.8. The smallest absolute Gasteiger partial charge is 0.307 e. The highest BCUT2D eigenvalue weighted by Gasteiger charge is 2.26. The maximum atomic E-state index is 12.8. The molecular weight excluding hydrogens is 251 g/mol. The second-order valence-corrected chi connectivity index (χ2v) is 4.38. The molecule has 0 aliphatic carbocycles. The largest absolute Gasteiger partial charge is 0.481 e. The Morgan fingerprint density at radius 3 is 2.53 bits per heavy atom. The first kappa shape index (κ1) is 13.2. The van der Waals surface area contributed by atoms with Crippen molar-refractivity contribution in [2.45, 2.75) is 19.8 Å². The first-order valence-corrected chi connectivity index (χ1v) is 5.81. The van der Waals surface area contributed by atoms with Crippen LogP contribution >= 0.6 is 0 Å². The number of aliphatic carboxylic acids is 1. The van der Waals surface area contributed by atoms with Crippen molar-refractivity contribution < 1.29 is 18.8 Å². The minimum absolute atomic E-state index is 0.259. The average molecular weight is 264 g/mol. The quantitative estimate of drug-likeness (QED) is 0.918. The van der Waals surface area contributed by atoms with Gasteiger partial charge in [-0.25, -0.2) is 4.39 Å². The molecule has 0 radical (unpaired) electrons. The molecule has 0 saturated heterocycles. The van der Waals surface area contributed by atoms with Gasteiger partial charge in [-0.1, -0.05) is 19.0 Å². The number of carboxylic acids is 1. The monoisotopic (exact) mass is 264 g/mol. The topological polar surface area (TPSA) is 76.2 Å². The zero-order valence-corrected chi connectivity index (χ0v) is 10.5. The Kier molecular flexibility index (Phi) is 3.59. The summed E-state index contributed by atoms with van der Waals surface area (Å²) in [6, 6.07) is 5.67. The summed E-state index contributed by atoms with van der Waals surface area (Å²) in [4.78, 5) is 15.0. The van der Waals surface area contributed by atoms with Gasteiger partial charge < -0.3 is 9.63 Å². The van der Waals surface area contributed by atoms with Gasteiger partial charge in [-0.2, -0.15) is 4.98 Å². The molecular formula is C13H13FN2O3. The third kappa shape index (κ3) is 2.78. The molecule has 2 unspecified atom stereocenters. The van der Waals surface area contributed by atoms with E-state index >= 15 is 0 Å². The molecule has 5 nitrogen and oxygen atoms in total. The van der Waals surface area contributed by atoms with Crippen molar-refractivity contribution in [1.82, 2.24) is 10.1 Å². The van der Waals surface area contributed by atoms with Crippen LogP contribution in [0.25, 0.3) is 11.4 Å². The lowest BCUT2D eigenvalue weighted by Crippen LogP contribution is -2.16. The molecule has 1 aromatic heterocycles. The van der Waals surface area contributed by atoms with Crippen LogP contribution in [0, 0.1) is 11.7 Å². The third-order valence-corrected chi connectivity index (χ3v) is 3.07. The zero-order valence-electron chi connectivity index (χ0n) is 10.5. The molecule has 0 fully saturated rings. The van der Waals surface area contributed by atoms with Crippen molar-refractivity contribution in [3.05, 3.63) is 36.0 Å². The number of aromatic nitrogens is 2. The van der Waals surface area contributed by atoms with Crippen molar-refractivity contribution in [3.63, 3.8) is 0 Å². The van der Waals surface area contributed by atoms with E-state index in [2.05, 4.69) is 10.1 Å². The van der Waals surface area contributed by atoms with Gasteiger partial charge in [0.25, 0.3) is 0 Å². The molecule has 2 rings (SSSR count). The summed E-state index contributed by atoms with van der Waals surface area (Å²) in [6.45, 7) is 3.29. The van der Waals surface area contributed by atoms with E-state index in [-0.39, 0.29) is 17.6 Å². The molecule has 6 heteroatoms.